The van der Waals surface area contributed by atoms with Crippen molar-refractivity contribution in [2.45, 2.75) is 38.1 Å². The van der Waals surface area contributed by atoms with Crippen LogP contribution >= 0.6 is 0 Å². The second-order valence-electron chi connectivity index (χ2n) is 6.76. The molecule has 5 nitrogen and oxygen atoms in total. The largest absolute Gasteiger partial charge is 0.339 e. The second-order valence-corrected chi connectivity index (χ2v) is 6.76. The summed E-state index contributed by atoms with van der Waals surface area (Å²) in [7, 11) is 0. The molecule has 1 aliphatic heterocycles. The summed E-state index contributed by atoms with van der Waals surface area (Å²) >= 11 is 0. The Hall–Kier alpha value is -2.43. The Morgan fingerprint density at radius 3 is 2.79 bits per heavy atom. The van der Waals surface area contributed by atoms with Gasteiger partial charge < -0.3 is 10.2 Å². The van der Waals surface area contributed by atoms with Crippen molar-refractivity contribution in [3.8, 4) is 0 Å². The van der Waals surface area contributed by atoms with Gasteiger partial charge in [0.1, 0.15) is 0 Å². The van der Waals surface area contributed by atoms with E-state index in [-0.39, 0.29) is 17.7 Å². The lowest BCUT2D eigenvalue weighted by molar-refractivity contribution is -0.129. The van der Waals surface area contributed by atoms with Crippen molar-refractivity contribution in [1.29, 1.82) is 0 Å². The summed E-state index contributed by atoms with van der Waals surface area (Å²) in [6.45, 7) is 0.549. The van der Waals surface area contributed by atoms with Gasteiger partial charge in [0.25, 0.3) is 0 Å². The Kier molecular flexibility index (Phi) is 3.92. The number of anilines is 1. The summed E-state index contributed by atoms with van der Waals surface area (Å²) < 4.78 is 0. The molecule has 1 aliphatic carbocycles. The summed E-state index contributed by atoms with van der Waals surface area (Å²) in [6.07, 6.45) is 6.57. The van der Waals surface area contributed by atoms with Crippen LogP contribution in [0.4, 0.5) is 5.69 Å². The topological polar surface area (TPSA) is 62.3 Å². The number of para-hydroxylation sites is 1. The number of amides is 2. The van der Waals surface area contributed by atoms with Gasteiger partial charge >= 0.3 is 0 Å². The molecule has 0 spiro atoms. The average Bonchev–Trinajstić information content (AvgIpc) is 3.24. The number of rotatable bonds is 3. The zero-order valence-electron chi connectivity index (χ0n) is 13.6. The fourth-order valence-corrected chi connectivity index (χ4v) is 3.92. The van der Waals surface area contributed by atoms with Gasteiger partial charge in [-0.3, -0.25) is 14.6 Å². The van der Waals surface area contributed by atoms with Crippen molar-refractivity contribution >= 4 is 28.4 Å². The van der Waals surface area contributed by atoms with E-state index >= 15 is 0 Å². The van der Waals surface area contributed by atoms with Crippen LogP contribution in [0.5, 0.6) is 0 Å². The Balaban J connectivity index is 1.49. The molecule has 1 N–H and O–H groups in total. The predicted molar refractivity (Wildman–Crippen MR) is 92.4 cm³/mol. The average molecular weight is 323 g/mol. The van der Waals surface area contributed by atoms with Crippen LogP contribution in [0, 0.1) is 5.92 Å². The number of fused-ring (bicyclic) bond motifs is 1. The minimum Gasteiger partial charge on any atom is -0.339 e. The molecule has 1 saturated carbocycles. The quantitative estimate of drug-likeness (QED) is 0.944. The van der Waals surface area contributed by atoms with Crippen molar-refractivity contribution < 1.29 is 9.59 Å². The molecular weight excluding hydrogens is 302 g/mol. The van der Waals surface area contributed by atoms with Gasteiger partial charge in [-0.2, -0.15) is 0 Å². The number of benzene rings is 1. The second kappa shape index (κ2) is 6.23. The third kappa shape index (κ3) is 2.75. The Morgan fingerprint density at radius 2 is 1.96 bits per heavy atom. The van der Waals surface area contributed by atoms with Crippen LogP contribution in [0.1, 0.15) is 32.1 Å². The van der Waals surface area contributed by atoms with E-state index in [4.69, 9.17) is 0 Å². The summed E-state index contributed by atoms with van der Waals surface area (Å²) in [5, 5.41) is 3.97. The van der Waals surface area contributed by atoms with Gasteiger partial charge in [0.05, 0.1) is 17.1 Å². The molecule has 124 valence electrons. The summed E-state index contributed by atoms with van der Waals surface area (Å²) in [5.74, 6) is -0.225. The van der Waals surface area contributed by atoms with E-state index in [1.807, 2.05) is 35.2 Å². The minimum atomic E-state index is -0.267. The molecule has 1 saturated heterocycles. The number of nitrogens with one attached hydrogen (secondary N) is 1. The van der Waals surface area contributed by atoms with Crippen LogP contribution in [0.15, 0.2) is 36.5 Å². The number of aromatic nitrogens is 1. The summed E-state index contributed by atoms with van der Waals surface area (Å²) in [5.41, 5.74) is 1.50. The molecule has 2 aliphatic rings. The fraction of sp³-hybridized carbons (Fsp3) is 0.421. The highest BCUT2D eigenvalue weighted by Gasteiger charge is 2.38. The van der Waals surface area contributed by atoms with Crippen molar-refractivity contribution in [3.63, 3.8) is 0 Å². The molecule has 4 rings (SSSR count). The normalized spacial score (nSPS) is 21.6. The van der Waals surface area contributed by atoms with Gasteiger partial charge in [-0.15, -0.1) is 0 Å². The van der Waals surface area contributed by atoms with Crippen molar-refractivity contribution in [2.75, 3.05) is 11.9 Å². The number of carbonyl (C=O) groups is 2. The number of carbonyl (C=O) groups excluding carboxylic acids is 2. The van der Waals surface area contributed by atoms with Crippen LogP contribution in [0.25, 0.3) is 10.9 Å². The number of hydrogen-bond donors (Lipinski definition) is 1. The third-order valence-electron chi connectivity index (χ3n) is 5.19. The van der Waals surface area contributed by atoms with Crippen LogP contribution in [-0.2, 0) is 9.59 Å². The van der Waals surface area contributed by atoms with E-state index in [2.05, 4.69) is 10.3 Å². The molecule has 5 heteroatoms. The third-order valence-corrected chi connectivity index (χ3v) is 5.19. The zero-order valence-corrected chi connectivity index (χ0v) is 13.6. The molecule has 1 aromatic heterocycles. The number of pyridine rings is 1. The van der Waals surface area contributed by atoms with Gasteiger partial charge in [0, 0.05) is 30.6 Å². The zero-order chi connectivity index (χ0) is 16.5. The standard InChI is InChI=1S/C19H21N3O2/c23-17-11-14(12-22(17)15-7-1-2-8-15)19(24)21-16-9-3-5-13-6-4-10-20-18(13)16/h3-6,9-10,14-15H,1-2,7-8,11-12H2,(H,21,24)/t14-/m0/s1. The molecule has 1 aromatic carbocycles. The van der Waals surface area contributed by atoms with E-state index < -0.39 is 0 Å². The first-order valence-electron chi connectivity index (χ1n) is 8.66. The number of hydrogen-bond acceptors (Lipinski definition) is 3. The van der Waals surface area contributed by atoms with Crippen LogP contribution in [-0.4, -0.2) is 34.3 Å². The van der Waals surface area contributed by atoms with Gasteiger partial charge in [-0.1, -0.05) is 31.0 Å². The Bertz CT molecular complexity index is 778. The molecule has 2 heterocycles. The first-order valence-corrected chi connectivity index (χ1v) is 8.66. The SMILES string of the molecule is O=C(Nc1cccc2cccnc12)[C@H]1CC(=O)N(C2CCCC2)C1. The minimum absolute atomic E-state index is 0.0815. The molecule has 0 unspecified atom stereocenters. The van der Waals surface area contributed by atoms with Crippen molar-refractivity contribution in [1.82, 2.24) is 9.88 Å². The lowest BCUT2D eigenvalue weighted by atomic mass is 10.1. The Morgan fingerprint density at radius 1 is 1.17 bits per heavy atom. The lowest BCUT2D eigenvalue weighted by Crippen LogP contribution is -2.35. The van der Waals surface area contributed by atoms with Crippen molar-refractivity contribution in [3.05, 3.63) is 36.5 Å². The van der Waals surface area contributed by atoms with Crippen LogP contribution in [0.3, 0.4) is 0 Å². The number of likely N-dealkylation sites (tertiary alicyclic amines) is 1. The maximum absolute atomic E-state index is 12.6. The highest BCUT2D eigenvalue weighted by Crippen LogP contribution is 2.30. The molecule has 2 fully saturated rings. The maximum Gasteiger partial charge on any atom is 0.229 e. The van der Waals surface area contributed by atoms with Gasteiger partial charge in [-0.05, 0) is 25.0 Å². The first kappa shape index (κ1) is 15.1. The summed E-state index contributed by atoms with van der Waals surface area (Å²) in [6, 6.07) is 9.93. The maximum atomic E-state index is 12.6. The first-order chi connectivity index (χ1) is 11.7. The predicted octanol–water partition coefficient (Wildman–Crippen LogP) is 2.96. The number of nitrogens with zero attached hydrogens (tertiary/aromatic N) is 2. The van der Waals surface area contributed by atoms with Crippen LogP contribution < -0.4 is 5.32 Å². The highest BCUT2D eigenvalue weighted by atomic mass is 16.2. The molecule has 24 heavy (non-hydrogen) atoms. The lowest BCUT2D eigenvalue weighted by Gasteiger charge is -2.23. The van der Waals surface area contributed by atoms with Gasteiger partial charge in [0.15, 0.2) is 0 Å². The molecule has 2 amide bonds. The van der Waals surface area contributed by atoms with E-state index in [1.54, 1.807) is 6.20 Å². The Labute approximate surface area is 141 Å². The fourth-order valence-electron chi connectivity index (χ4n) is 3.92. The molecule has 1 atom stereocenters. The smallest absolute Gasteiger partial charge is 0.229 e. The summed E-state index contributed by atoms with van der Waals surface area (Å²) in [4.78, 5) is 31.2. The van der Waals surface area contributed by atoms with E-state index in [0.717, 1.165) is 23.7 Å². The highest BCUT2D eigenvalue weighted by molar-refractivity contribution is 6.03. The molecule has 0 radical (unpaired) electrons. The molecule has 0 bridgehead atoms. The van der Waals surface area contributed by atoms with Gasteiger partial charge in [0.2, 0.25) is 11.8 Å². The molecular formula is C19H21N3O2. The monoisotopic (exact) mass is 323 g/mol. The van der Waals surface area contributed by atoms with Crippen LogP contribution in [0.2, 0.25) is 0 Å². The van der Waals surface area contributed by atoms with E-state index in [0.29, 0.717) is 24.7 Å². The van der Waals surface area contributed by atoms with E-state index in [9.17, 15) is 9.59 Å². The molecule has 2 aromatic rings. The van der Waals surface area contributed by atoms with Gasteiger partial charge in [-0.25, -0.2) is 0 Å². The van der Waals surface area contributed by atoms with Crippen molar-refractivity contribution in [2.24, 2.45) is 5.92 Å². The van der Waals surface area contributed by atoms with E-state index in [1.165, 1.54) is 12.8 Å².